The van der Waals surface area contributed by atoms with E-state index in [2.05, 4.69) is 5.32 Å². The maximum absolute atomic E-state index is 13.9. The number of barbiturate groups is 1. The molecular weight excluding hydrogens is 529 g/mol. The summed E-state index contributed by atoms with van der Waals surface area (Å²) in [7, 11) is 0. The van der Waals surface area contributed by atoms with Gasteiger partial charge >= 0.3 is 6.03 Å². The van der Waals surface area contributed by atoms with Crippen molar-refractivity contribution in [1.82, 2.24) is 9.88 Å². The molecule has 0 unspecified atom stereocenters. The molecule has 206 valence electrons. The Labute approximate surface area is 234 Å². The fourth-order valence-electron chi connectivity index (χ4n) is 4.87. The number of ether oxygens (including phenoxy) is 3. The predicted molar refractivity (Wildman–Crippen MR) is 148 cm³/mol. The SMILES string of the molecule is Cc1cc(/C=C2\C(=O)NC(=O)N(c3ccc4c(c3)OCO4)C2=O)c(C)n1-c1ccc(OCc2ccccc2F)cc1. The van der Waals surface area contributed by atoms with Crippen molar-refractivity contribution in [1.29, 1.82) is 0 Å². The van der Waals surface area contributed by atoms with Gasteiger partial charge in [-0.3, -0.25) is 14.9 Å². The third-order valence-corrected chi connectivity index (χ3v) is 6.93. The minimum Gasteiger partial charge on any atom is -0.489 e. The van der Waals surface area contributed by atoms with Crippen LogP contribution in [0, 0.1) is 19.7 Å². The van der Waals surface area contributed by atoms with Gasteiger partial charge in [-0.25, -0.2) is 14.1 Å². The van der Waals surface area contributed by atoms with E-state index in [0.29, 0.717) is 28.4 Å². The van der Waals surface area contributed by atoms with E-state index >= 15 is 0 Å². The Morgan fingerprint density at radius 1 is 0.927 bits per heavy atom. The number of halogens is 1. The van der Waals surface area contributed by atoms with Crippen LogP contribution < -0.4 is 24.4 Å². The van der Waals surface area contributed by atoms with E-state index < -0.39 is 17.8 Å². The standard InChI is InChI=1S/C31H24FN3O6/c1-18-13-21(19(2)34(18)22-7-10-24(11-8-22)39-16-20-5-3-4-6-26(20)32)14-25-29(36)33-31(38)35(30(25)37)23-9-12-27-28(15-23)41-17-40-27/h3-15H,16-17H2,1-2H3,(H,33,36,38)/b25-14+. The molecule has 10 heteroatoms. The van der Waals surface area contributed by atoms with Crippen LogP contribution in [-0.2, 0) is 16.2 Å². The van der Waals surface area contributed by atoms with Gasteiger partial charge in [-0.05, 0) is 74.0 Å². The zero-order chi connectivity index (χ0) is 28.7. The number of nitrogens with one attached hydrogen (secondary N) is 1. The highest BCUT2D eigenvalue weighted by Crippen LogP contribution is 2.36. The lowest BCUT2D eigenvalue weighted by Crippen LogP contribution is -2.54. The molecule has 9 nitrogen and oxygen atoms in total. The highest BCUT2D eigenvalue weighted by Gasteiger charge is 2.37. The zero-order valence-electron chi connectivity index (χ0n) is 22.1. The second-order valence-corrected chi connectivity index (χ2v) is 9.53. The third-order valence-electron chi connectivity index (χ3n) is 6.93. The van der Waals surface area contributed by atoms with Crippen LogP contribution in [0.4, 0.5) is 14.9 Å². The van der Waals surface area contributed by atoms with Crippen molar-refractivity contribution in [2.45, 2.75) is 20.5 Å². The van der Waals surface area contributed by atoms with E-state index in [9.17, 15) is 18.8 Å². The van der Waals surface area contributed by atoms with Crippen molar-refractivity contribution in [3.05, 3.63) is 107 Å². The van der Waals surface area contributed by atoms with Crippen molar-refractivity contribution in [3.8, 4) is 22.9 Å². The summed E-state index contributed by atoms with van der Waals surface area (Å²) in [6.45, 7) is 3.92. The summed E-state index contributed by atoms with van der Waals surface area (Å²) in [6.07, 6.45) is 1.48. The van der Waals surface area contributed by atoms with Gasteiger partial charge in [0.1, 0.15) is 23.7 Å². The molecule has 1 saturated heterocycles. The molecule has 41 heavy (non-hydrogen) atoms. The van der Waals surface area contributed by atoms with Gasteiger partial charge in [0.2, 0.25) is 6.79 Å². The lowest BCUT2D eigenvalue weighted by molar-refractivity contribution is -0.122. The number of aryl methyl sites for hydroxylation is 1. The molecule has 0 aliphatic carbocycles. The fourth-order valence-corrected chi connectivity index (χ4v) is 4.87. The van der Waals surface area contributed by atoms with Crippen molar-refractivity contribution in [2.24, 2.45) is 0 Å². The average Bonchev–Trinajstić information content (AvgIpc) is 3.53. The molecule has 6 rings (SSSR count). The molecule has 4 amide bonds. The van der Waals surface area contributed by atoms with Gasteiger partial charge in [-0.15, -0.1) is 0 Å². The molecule has 1 N–H and O–H groups in total. The van der Waals surface area contributed by atoms with E-state index in [1.807, 2.05) is 36.6 Å². The van der Waals surface area contributed by atoms with Gasteiger partial charge in [0, 0.05) is 28.7 Å². The van der Waals surface area contributed by atoms with Crippen LogP contribution >= 0.6 is 0 Å². The Bertz CT molecular complexity index is 1740. The van der Waals surface area contributed by atoms with Crippen molar-refractivity contribution in [3.63, 3.8) is 0 Å². The molecule has 2 aliphatic rings. The van der Waals surface area contributed by atoms with Crippen molar-refractivity contribution >= 4 is 29.6 Å². The molecule has 0 bridgehead atoms. The summed E-state index contributed by atoms with van der Waals surface area (Å²) in [5, 5.41) is 2.25. The van der Waals surface area contributed by atoms with Crippen LogP contribution in [0.1, 0.15) is 22.5 Å². The summed E-state index contributed by atoms with van der Waals surface area (Å²) in [5.41, 5.74) is 3.65. The number of anilines is 1. The van der Waals surface area contributed by atoms with Crippen LogP contribution in [0.25, 0.3) is 11.8 Å². The lowest BCUT2D eigenvalue weighted by atomic mass is 10.1. The minimum absolute atomic E-state index is 0.0433. The summed E-state index contributed by atoms with van der Waals surface area (Å²) >= 11 is 0. The second kappa shape index (κ2) is 10.3. The first-order chi connectivity index (χ1) is 19.8. The normalized spacial score (nSPS) is 15.4. The molecular formula is C31H24FN3O6. The maximum atomic E-state index is 13.9. The summed E-state index contributed by atoms with van der Waals surface area (Å²) < 4.78 is 32.3. The Morgan fingerprint density at radius 3 is 2.44 bits per heavy atom. The largest absolute Gasteiger partial charge is 0.489 e. The lowest BCUT2D eigenvalue weighted by Gasteiger charge is -2.26. The number of carbonyl (C=O) groups excluding carboxylic acids is 3. The van der Waals surface area contributed by atoms with Crippen LogP contribution in [-0.4, -0.2) is 29.2 Å². The number of hydrogen-bond donors (Lipinski definition) is 1. The number of imide groups is 2. The van der Waals surface area contributed by atoms with E-state index in [1.165, 1.54) is 18.2 Å². The minimum atomic E-state index is -0.848. The molecule has 3 aromatic carbocycles. The van der Waals surface area contributed by atoms with Gasteiger partial charge in [0.25, 0.3) is 11.8 Å². The average molecular weight is 554 g/mol. The van der Waals surface area contributed by atoms with Crippen LogP contribution in [0.2, 0.25) is 0 Å². The summed E-state index contributed by atoms with van der Waals surface area (Å²) in [5.74, 6) is -0.366. The Balaban J connectivity index is 1.25. The zero-order valence-corrected chi connectivity index (χ0v) is 22.1. The molecule has 2 aliphatic heterocycles. The van der Waals surface area contributed by atoms with Gasteiger partial charge < -0.3 is 18.8 Å². The predicted octanol–water partition coefficient (Wildman–Crippen LogP) is 5.21. The number of rotatable bonds is 6. The topological polar surface area (TPSA) is 99.1 Å². The number of hydrogen-bond acceptors (Lipinski definition) is 6. The highest BCUT2D eigenvalue weighted by molar-refractivity contribution is 6.39. The van der Waals surface area contributed by atoms with E-state index in [4.69, 9.17) is 14.2 Å². The second-order valence-electron chi connectivity index (χ2n) is 9.53. The van der Waals surface area contributed by atoms with E-state index in [-0.39, 0.29) is 30.5 Å². The Morgan fingerprint density at radius 2 is 1.66 bits per heavy atom. The molecule has 0 atom stereocenters. The third kappa shape index (κ3) is 4.80. The van der Waals surface area contributed by atoms with E-state index in [0.717, 1.165) is 22.0 Å². The Kier molecular flexibility index (Phi) is 6.50. The summed E-state index contributed by atoms with van der Waals surface area (Å²) in [6, 6.07) is 19.4. The quantitative estimate of drug-likeness (QED) is 0.260. The molecule has 0 radical (unpaired) electrons. The van der Waals surface area contributed by atoms with Crippen LogP contribution in [0.15, 0.2) is 78.4 Å². The first-order valence-corrected chi connectivity index (χ1v) is 12.8. The van der Waals surface area contributed by atoms with E-state index in [1.54, 1.807) is 42.5 Å². The first kappa shape index (κ1) is 25.9. The van der Waals surface area contributed by atoms with Crippen LogP contribution in [0.5, 0.6) is 17.2 Å². The Hall–Kier alpha value is -5.38. The number of amides is 4. The fraction of sp³-hybridized carbons (Fsp3) is 0.129. The summed E-state index contributed by atoms with van der Waals surface area (Å²) in [4.78, 5) is 39.7. The monoisotopic (exact) mass is 553 g/mol. The molecule has 4 aromatic rings. The highest BCUT2D eigenvalue weighted by atomic mass is 19.1. The van der Waals surface area contributed by atoms with Crippen LogP contribution in [0.3, 0.4) is 0 Å². The van der Waals surface area contributed by atoms with Gasteiger partial charge in [0.15, 0.2) is 11.5 Å². The number of urea groups is 1. The van der Waals surface area contributed by atoms with Gasteiger partial charge in [-0.2, -0.15) is 0 Å². The first-order valence-electron chi connectivity index (χ1n) is 12.8. The van der Waals surface area contributed by atoms with Gasteiger partial charge in [-0.1, -0.05) is 18.2 Å². The maximum Gasteiger partial charge on any atom is 0.335 e. The molecule has 0 saturated carbocycles. The molecule has 3 heterocycles. The molecule has 0 spiro atoms. The number of benzene rings is 3. The number of carbonyl (C=O) groups is 3. The smallest absolute Gasteiger partial charge is 0.335 e. The number of fused-ring (bicyclic) bond motifs is 1. The van der Waals surface area contributed by atoms with Crippen molar-refractivity contribution < 1.29 is 33.0 Å². The molecule has 1 fully saturated rings. The van der Waals surface area contributed by atoms with Gasteiger partial charge in [0.05, 0.1) is 5.69 Å². The molecule has 1 aromatic heterocycles. The van der Waals surface area contributed by atoms with Crippen molar-refractivity contribution in [2.75, 3.05) is 11.7 Å². The number of nitrogens with zero attached hydrogens (tertiary/aromatic N) is 2. The number of aromatic nitrogens is 1.